The molecule has 0 saturated carbocycles. The predicted molar refractivity (Wildman–Crippen MR) is 126 cm³/mol. The normalized spacial score (nSPS) is 32.9. The van der Waals surface area contributed by atoms with Crippen LogP contribution in [-0.2, 0) is 28.6 Å². The molecule has 0 radical (unpaired) electrons. The van der Waals surface area contributed by atoms with Gasteiger partial charge in [-0.15, -0.1) is 6.58 Å². The van der Waals surface area contributed by atoms with E-state index in [0.717, 1.165) is 13.1 Å². The van der Waals surface area contributed by atoms with E-state index in [1.54, 1.807) is 17.9 Å². The molecule has 1 spiro atoms. The summed E-state index contributed by atoms with van der Waals surface area (Å²) in [5.74, 6) is -2.67. The standard InChI is InChI=1S/C25H37N3O7/c1-4-8-27(10-9-26-11-14-33-15-12-26)23(31)21-25-7-6-18(35-25)19(24(32)34-13-5-2)20(25)22(30)28(21)17(3)16-29/h4-5,17-21,29H,1-2,6-16H2,3H3/t17-,18-,19+,20+,21?,25?/m1/s1. The lowest BCUT2D eigenvalue weighted by atomic mass is 9.70. The Labute approximate surface area is 206 Å². The zero-order valence-electron chi connectivity index (χ0n) is 20.5. The number of morpholine rings is 1. The number of carbonyl (C=O) groups excluding carboxylic acids is 3. The third-order valence-electron chi connectivity index (χ3n) is 7.78. The van der Waals surface area contributed by atoms with Crippen molar-refractivity contribution in [3.8, 4) is 0 Å². The molecule has 4 heterocycles. The molecule has 0 aromatic carbocycles. The molecule has 4 saturated heterocycles. The van der Waals surface area contributed by atoms with Gasteiger partial charge in [0.2, 0.25) is 11.8 Å². The Morgan fingerprint density at radius 2 is 2.06 bits per heavy atom. The van der Waals surface area contributed by atoms with Crippen LogP contribution in [0.3, 0.4) is 0 Å². The molecule has 0 aliphatic carbocycles. The zero-order chi connectivity index (χ0) is 25.2. The van der Waals surface area contributed by atoms with E-state index in [2.05, 4.69) is 18.1 Å². The molecule has 0 aromatic rings. The van der Waals surface area contributed by atoms with Crippen LogP contribution in [0.1, 0.15) is 19.8 Å². The molecule has 2 unspecified atom stereocenters. The summed E-state index contributed by atoms with van der Waals surface area (Å²) in [4.78, 5) is 46.2. The van der Waals surface area contributed by atoms with Gasteiger partial charge in [-0.3, -0.25) is 19.3 Å². The largest absolute Gasteiger partial charge is 0.461 e. The summed E-state index contributed by atoms with van der Waals surface area (Å²) < 4.78 is 17.1. The van der Waals surface area contributed by atoms with Gasteiger partial charge in [-0.05, 0) is 19.8 Å². The maximum absolute atomic E-state index is 14.1. The highest BCUT2D eigenvalue weighted by atomic mass is 16.6. The highest BCUT2D eigenvalue weighted by molar-refractivity contribution is 5.98. The monoisotopic (exact) mass is 491 g/mol. The van der Waals surface area contributed by atoms with Gasteiger partial charge >= 0.3 is 5.97 Å². The Morgan fingerprint density at radius 3 is 2.71 bits per heavy atom. The summed E-state index contributed by atoms with van der Waals surface area (Å²) in [6.07, 6.45) is 3.75. The molecule has 4 aliphatic rings. The SMILES string of the molecule is C=CCOC(=O)[C@@H]1[C@H]2C(=O)N([C@H](C)CO)C(C(=O)N(CC=C)CCN3CCOCC3)C23CC[C@H]1O3. The lowest BCUT2D eigenvalue weighted by Crippen LogP contribution is -2.59. The summed E-state index contributed by atoms with van der Waals surface area (Å²) in [5, 5.41) is 9.95. The molecule has 10 heteroatoms. The number of hydrogen-bond acceptors (Lipinski definition) is 8. The van der Waals surface area contributed by atoms with Gasteiger partial charge in [0.15, 0.2) is 0 Å². The number of carbonyl (C=O) groups is 3. The van der Waals surface area contributed by atoms with Crippen LogP contribution in [0.5, 0.6) is 0 Å². The van der Waals surface area contributed by atoms with Crippen LogP contribution in [0.4, 0.5) is 0 Å². The lowest BCUT2D eigenvalue weighted by molar-refractivity contribution is -0.155. The number of aliphatic hydroxyl groups excluding tert-OH is 1. The summed E-state index contributed by atoms with van der Waals surface area (Å²) in [6.45, 7) is 13.2. The van der Waals surface area contributed by atoms with Crippen molar-refractivity contribution in [3.63, 3.8) is 0 Å². The van der Waals surface area contributed by atoms with Gasteiger partial charge in [-0.25, -0.2) is 0 Å². The molecule has 35 heavy (non-hydrogen) atoms. The summed E-state index contributed by atoms with van der Waals surface area (Å²) in [5.41, 5.74) is -1.11. The first-order valence-electron chi connectivity index (χ1n) is 12.5. The maximum Gasteiger partial charge on any atom is 0.312 e. The highest BCUT2D eigenvalue weighted by Gasteiger charge is 2.75. The summed E-state index contributed by atoms with van der Waals surface area (Å²) in [6, 6.07) is -1.53. The molecule has 1 N–H and O–H groups in total. The Morgan fingerprint density at radius 1 is 1.31 bits per heavy atom. The fourth-order valence-electron chi connectivity index (χ4n) is 6.14. The second kappa shape index (κ2) is 10.8. The van der Waals surface area contributed by atoms with Crippen molar-refractivity contribution in [2.75, 3.05) is 59.2 Å². The van der Waals surface area contributed by atoms with E-state index in [-0.39, 0.29) is 25.0 Å². The van der Waals surface area contributed by atoms with E-state index in [0.29, 0.717) is 45.7 Å². The molecule has 10 nitrogen and oxygen atoms in total. The quantitative estimate of drug-likeness (QED) is 0.313. The van der Waals surface area contributed by atoms with E-state index in [1.807, 2.05) is 0 Å². The molecule has 4 fully saturated rings. The number of esters is 1. The zero-order valence-corrected chi connectivity index (χ0v) is 20.5. The fourth-order valence-corrected chi connectivity index (χ4v) is 6.14. The van der Waals surface area contributed by atoms with Gasteiger partial charge in [-0.1, -0.05) is 18.7 Å². The minimum Gasteiger partial charge on any atom is -0.461 e. The van der Waals surface area contributed by atoms with E-state index < -0.39 is 41.6 Å². The number of likely N-dealkylation sites (tertiary alicyclic amines) is 1. The molecule has 4 rings (SSSR count). The van der Waals surface area contributed by atoms with Crippen LogP contribution in [0, 0.1) is 11.8 Å². The van der Waals surface area contributed by atoms with Gasteiger partial charge in [0.25, 0.3) is 0 Å². The number of nitrogens with zero attached hydrogens (tertiary/aromatic N) is 3. The first kappa shape index (κ1) is 25.8. The Bertz CT molecular complexity index is 845. The second-order valence-corrected chi connectivity index (χ2v) is 9.78. The number of aliphatic hydroxyl groups is 1. The second-order valence-electron chi connectivity index (χ2n) is 9.78. The van der Waals surface area contributed by atoms with E-state index in [1.165, 1.54) is 11.0 Å². The lowest BCUT2D eigenvalue weighted by Gasteiger charge is -2.39. The minimum atomic E-state index is -1.11. The summed E-state index contributed by atoms with van der Waals surface area (Å²) in [7, 11) is 0. The van der Waals surface area contributed by atoms with Crippen molar-refractivity contribution < 1.29 is 33.7 Å². The van der Waals surface area contributed by atoms with Crippen molar-refractivity contribution in [1.29, 1.82) is 0 Å². The molecule has 4 aliphatic heterocycles. The van der Waals surface area contributed by atoms with Crippen LogP contribution in [0.2, 0.25) is 0 Å². The Kier molecular flexibility index (Phi) is 7.95. The predicted octanol–water partition coefficient (Wildman–Crippen LogP) is -0.182. The van der Waals surface area contributed by atoms with Crippen molar-refractivity contribution in [2.24, 2.45) is 11.8 Å². The molecular formula is C25H37N3O7. The van der Waals surface area contributed by atoms with Crippen LogP contribution < -0.4 is 0 Å². The maximum atomic E-state index is 14.1. The molecule has 2 amide bonds. The topological polar surface area (TPSA) is 109 Å². The smallest absolute Gasteiger partial charge is 0.312 e. The van der Waals surface area contributed by atoms with Crippen LogP contribution in [0.25, 0.3) is 0 Å². The highest BCUT2D eigenvalue weighted by Crippen LogP contribution is 2.59. The van der Waals surface area contributed by atoms with Gasteiger partial charge < -0.3 is 29.1 Å². The van der Waals surface area contributed by atoms with Crippen LogP contribution >= 0.6 is 0 Å². The molecular weight excluding hydrogens is 454 g/mol. The van der Waals surface area contributed by atoms with Crippen LogP contribution in [0.15, 0.2) is 25.3 Å². The number of rotatable bonds is 11. The van der Waals surface area contributed by atoms with Crippen molar-refractivity contribution >= 4 is 17.8 Å². The minimum absolute atomic E-state index is 0.0454. The van der Waals surface area contributed by atoms with Crippen LogP contribution in [-0.4, -0.2) is 121 Å². The Hall–Kier alpha value is -2.27. The number of ether oxygens (including phenoxy) is 3. The Balaban J connectivity index is 1.62. The number of hydrogen-bond donors (Lipinski definition) is 1. The van der Waals surface area contributed by atoms with E-state index >= 15 is 0 Å². The van der Waals surface area contributed by atoms with Gasteiger partial charge in [-0.2, -0.15) is 0 Å². The van der Waals surface area contributed by atoms with Crippen molar-refractivity contribution in [1.82, 2.24) is 14.7 Å². The average molecular weight is 492 g/mol. The van der Waals surface area contributed by atoms with Crippen molar-refractivity contribution in [3.05, 3.63) is 25.3 Å². The van der Waals surface area contributed by atoms with E-state index in [4.69, 9.17) is 14.2 Å². The van der Waals surface area contributed by atoms with Gasteiger partial charge in [0.05, 0.1) is 43.8 Å². The number of fused-ring (bicyclic) bond motifs is 1. The van der Waals surface area contributed by atoms with Gasteiger partial charge in [0.1, 0.15) is 18.2 Å². The van der Waals surface area contributed by atoms with Gasteiger partial charge in [0, 0.05) is 32.7 Å². The molecule has 6 atom stereocenters. The third kappa shape index (κ3) is 4.52. The van der Waals surface area contributed by atoms with Crippen molar-refractivity contribution in [2.45, 2.75) is 43.6 Å². The molecule has 194 valence electrons. The number of amides is 2. The summed E-state index contributed by atoms with van der Waals surface area (Å²) >= 11 is 0. The fraction of sp³-hybridized carbons (Fsp3) is 0.720. The molecule has 0 aromatic heterocycles. The first-order chi connectivity index (χ1) is 16.9. The molecule has 2 bridgehead atoms. The first-order valence-corrected chi connectivity index (χ1v) is 12.5. The van der Waals surface area contributed by atoms with E-state index in [9.17, 15) is 19.5 Å². The average Bonchev–Trinajstić information content (AvgIpc) is 3.52. The third-order valence-corrected chi connectivity index (χ3v) is 7.78.